The first kappa shape index (κ1) is 14.2. The topological polar surface area (TPSA) is 26.0 Å². The molecule has 0 heterocycles. The fraction of sp³-hybridized carbons (Fsp3) is 0.400. The maximum atomic E-state index is 5.74. The molecule has 0 aliphatic rings. The van der Waals surface area contributed by atoms with E-state index in [1.54, 1.807) is 0 Å². The third-order valence-electron chi connectivity index (χ3n) is 1.68. The zero-order valence-electron chi connectivity index (χ0n) is 7.93. The van der Waals surface area contributed by atoms with E-state index in [0.717, 1.165) is 17.3 Å². The molecule has 0 radical (unpaired) electrons. The van der Waals surface area contributed by atoms with E-state index in [1.165, 1.54) is 5.56 Å². The minimum Gasteiger partial charge on any atom is -0.326 e. The van der Waals surface area contributed by atoms with Crippen LogP contribution < -0.4 is 5.73 Å². The third kappa shape index (κ3) is 5.81. The minimum absolute atomic E-state index is 0. The van der Waals surface area contributed by atoms with Crippen LogP contribution in [0.25, 0.3) is 0 Å². The van der Waals surface area contributed by atoms with Gasteiger partial charge in [-0.2, -0.15) is 24.4 Å². The SMILES string of the molecule is Cl.N[C@@H](CS)CSCc1ccccc1. The van der Waals surface area contributed by atoms with Crippen molar-refractivity contribution < 1.29 is 0 Å². The fourth-order valence-electron chi connectivity index (χ4n) is 0.955. The Morgan fingerprint density at radius 3 is 2.50 bits per heavy atom. The average molecular weight is 250 g/mol. The van der Waals surface area contributed by atoms with E-state index in [4.69, 9.17) is 5.73 Å². The second-order valence-corrected chi connectivity index (χ2v) is 4.34. The Balaban J connectivity index is 0.00000169. The predicted octanol–water partition coefficient (Wildman–Crippen LogP) is 2.60. The van der Waals surface area contributed by atoms with Crippen LogP contribution in [0.1, 0.15) is 5.56 Å². The van der Waals surface area contributed by atoms with Crippen molar-refractivity contribution in [3.8, 4) is 0 Å². The van der Waals surface area contributed by atoms with E-state index < -0.39 is 0 Å². The predicted molar refractivity (Wildman–Crippen MR) is 71.7 cm³/mol. The van der Waals surface area contributed by atoms with E-state index in [2.05, 4.69) is 36.9 Å². The van der Waals surface area contributed by atoms with Crippen LogP contribution in [0, 0.1) is 0 Å². The van der Waals surface area contributed by atoms with Crippen molar-refractivity contribution in [2.45, 2.75) is 11.8 Å². The van der Waals surface area contributed by atoms with Gasteiger partial charge in [0.25, 0.3) is 0 Å². The highest BCUT2D eigenvalue weighted by molar-refractivity contribution is 7.98. The first-order chi connectivity index (χ1) is 6.33. The fourth-order valence-corrected chi connectivity index (χ4v) is 2.23. The summed E-state index contributed by atoms with van der Waals surface area (Å²) in [7, 11) is 0. The van der Waals surface area contributed by atoms with Gasteiger partial charge in [-0.25, -0.2) is 0 Å². The standard InChI is InChI=1S/C10H15NS2.ClH/c11-10(6-12)8-13-7-9-4-2-1-3-5-9;/h1-5,10,12H,6-8,11H2;1H/t10-;/m0./s1. The number of thiol groups is 1. The summed E-state index contributed by atoms with van der Waals surface area (Å²) < 4.78 is 0. The second-order valence-electron chi connectivity index (χ2n) is 2.94. The molecule has 0 unspecified atom stereocenters. The number of hydrogen-bond acceptors (Lipinski definition) is 3. The molecule has 0 aliphatic carbocycles. The van der Waals surface area contributed by atoms with Gasteiger partial charge in [0.1, 0.15) is 0 Å². The van der Waals surface area contributed by atoms with Crippen molar-refractivity contribution in [3.05, 3.63) is 35.9 Å². The smallest absolute Gasteiger partial charge is 0.0219 e. The van der Waals surface area contributed by atoms with Crippen LogP contribution >= 0.6 is 36.8 Å². The minimum atomic E-state index is 0. The van der Waals surface area contributed by atoms with Gasteiger partial charge < -0.3 is 5.73 Å². The lowest BCUT2D eigenvalue weighted by molar-refractivity contribution is 0.863. The highest BCUT2D eigenvalue weighted by Crippen LogP contribution is 2.12. The second kappa shape index (κ2) is 8.48. The van der Waals surface area contributed by atoms with Gasteiger partial charge in [0, 0.05) is 23.3 Å². The Morgan fingerprint density at radius 1 is 1.29 bits per heavy atom. The Kier molecular flexibility index (Phi) is 8.58. The zero-order chi connectivity index (χ0) is 9.52. The first-order valence-electron chi connectivity index (χ1n) is 4.31. The Hall–Kier alpha value is 0.170. The van der Waals surface area contributed by atoms with Gasteiger partial charge in [-0.15, -0.1) is 12.4 Å². The van der Waals surface area contributed by atoms with Gasteiger partial charge in [0.15, 0.2) is 0 Å². The quantitative estimate of drug-likeness (QED) is 0.785. The summed E-state index contributed by atoms with van der Waals surface area (Å²) in [4.78, 5) is 0. The van der Waals surface area contributed by atoms with Crippen LogP contribution in [0.4, 0.5) is 0 Å². The molecule has 80 valence electrons. The molecule has 0 fully saturated rings. The number of benzene rings is 1. The third-order valence-corrected chi connectivity index (χ3v) is 3.35. The molecule has 4 heteroatoms. The van der Waals surface area contributed by atoms with Crippen LogP contribution in [0.5, 0.6) is 0 Å². The molecule has 0 amide bonds. The van der Waals surface area contributed by atoms with Crippen molar-refractivity contribution in [1.82, 2.24) is 0 Å². The first-order valence-corrected chi connectivity index (χ1v) is 6.09. The van der Waals surface area contributed by atoms with Gasteiger partial charge in [0.05, 0.1) is 0 Å². The van der Waals surface area contributed by atoms with Crippen molar-refractivity contribution in [2.24, 2.45) is 5.73 Å². The van der Waals surface area contributed by atoms with E-state index in [-0.39, 0.29) is 18.4 Å². The van der Waals surface area contributed by atoms with Crippen molar-refractivity contribution in [3.63, 3.8) is 0 Å². The van der Waals surface area contributed by atoms with Crippen LogP contribution in [0.3, 0.4) is 0 Å². The molecule has 0 aliphatic heterocycles. The summed E-state index contributed by atoms with van der Waals surface area (Å²) in [6.07, 6.45) is 0. The van der Waals surface area contributed by atoms with Crippen LogP contribution in [0.2, 0.25) is 0 Å². The van der Waals surface area contributed by atoms with E-state index in [9.17, 15) is 0 Å². The van der Waals surface area contributed by atoms with Gasteiger partial charge in [-0.3, -0.25) is 0 Å². The largest absolute Gasteiger partial charge is 0.326 e. The summed E-state index contributed by atoms with van der Waals surface area (Å²) >= 11 is 6.00. The Morgan fingerprint density at radius 2 is 1.93 bits per heavy atom. The Labute approximate surface area is 102 Å². The monoisotopic (exact) mass is 249 g/mol. The van der Waals surface area contributed by atoms with E-state index in [0.29, 0.717) is 0 Å². The maximum absolute atomic E-state index is 5.74. The molecule has 1 aromatic carbocycles. The van der Waals surface area contributed by atoms with E-state index in [1.807, 2.05) is 17.8 Å². The maximum Gasteiger partial charge on any atom is 0.0219 e. The molecular weight excluding hydrogens is 234 g/mol. The summed E-state index contributed by atoms with van der Waals surface area (Å²) in [5.41, 5.74) is 7.10. The summed E-state index contributed by atoms with van der Waals surface area (Å²) in [6.45, 7) is 0. The van der Waals surface area contributed by atoms with Gasteiger partial charge in [0.2, 0.25) is 0 Å². The lowest BCUT2D eigenvalue weighted by Crippen LogP contribution is -2.24. The molecule has 0 saturated carbocycles. The van der Waals surface area contributed by atoms with Gasteiger partial charge in [-0.05, 0) is 5.56 Å². The molecular formula is C10H16ClNS2. The number of hydrogen-bond donors (Lipinski definition) is 2. The lowest BCUT2D eigenvalue weighted by atomic mass is 10.2. The Bertz CT molecular complexity index is 231. The molecule has 1 aromatic rings. The van der Waals surface area contributed by atoms with Crippen molar-refractivity contribution in [1.29, 1.82) is 0 Å². The molecule has 0 aromatic heterocycles. The number of rotatable bonds is 5. The molecule has 1 rings (SSSR count). The normalized spacial score (nSPS) is 11.9. The van der Waals surface area contributed by atoms with Crippen molar-refractivity contribution >= 4 is 36.8 Å². The average Bonchev–Trinajstić information content (AvgIpc) is 2.19. The summed E-state index contributed by atoms with van der Waals surface area (Å²) in [5, 5.41) is 0. The highest BCUT2D eigenvalue weighted by Gasteiger charge is 1.99. The van der Waals surface area contributed by atoms with Crippen molar-refractivity contribution in [2.75, 3.05) is 11.5 Å². The van der Waals surface area contributed by atoms with Crippen LogP contribution in [0.15, 0.2) is 30.3 Å². The lowest BCUT2D eigenvalue weighted by Gasteiger charge is -2.07. The van der Waals surface area contributed by atoms with Crippen LogP contribution in [-0.2, 0) is 5.75 Å². The molecule has 0 spiro atoms. The molecule has 2 N–H and O–H groups in total. The van der Waals surface area contributed by atoms with E-state index >= 15 is 0 Å². The number of halogens is 1. The van der Waals surface area contributed by atoms with Gasteiger partial charge in [-0.1, -0.05) is 30.3 Å². The molecule has 0 saturated heterocycles. The molecule has 0 bridgehead atoms. The van der Waals surface area contributed by atoms with Gasteiger partial charge >= 0.3 is 0 Å². The number of thioether (sulfide) groups is 1. The zero-order valence-corrected chi connectivity index (χ0v) is 10.5. The molecule has 1 nitrogen and oxygen atoms in total. The van der Waals surface area contributed by atoms with Crippen LogP contribution in [-0.4, -0.2) is 17.5 Å². The summed E-state index contributed by atoms with van der Waals surface area (Å²) in [6, 6.07) is 10.7. The molecule has 14 heavy (non-hydrogen) atoms. The summed E-state index contributed by atoms with van der Waals surface area (Å²) in [5.74, 6) is 2.79. The molecule has 1 atom stereocenters. The number of nitrogens with two attached hydrogens (primary N) is 1. The highest BCUT2D eigenvalue weighted by atomic mass is 35.5.